The van der Waals surface area contributed by atoms with Crippen LogP contribution in [-0.4, -0.2) is 19.9 Å². The van der Waals surface area contributed by atoms with Crippen LogP contribution < -0.4 is 0 Å². The van der Waals surface area contributed by atoms with Crippen molar-refractivity contribution in [2.24, 2.45) is 0 Å². The van der Waals surface area contributed by atoms with Gasteiger partial charge in [0.1, 0.15) is 0 Å². The molecule has 0 fully saturated rings. The SMILES string of the molecule is CP(=O)(OCCC#N)OCCC#N. The smallest absolute Gasteiger partial charge is 0.308 e. The fourth-order valence-corrected chi connectivity index (χ4v) is 1.47. The van der Waals surface area contributed by atoms with Gasteiger partial charge in [-0.15, -0.1) is 0 Å². The summed E-state index contributed by atoms with van der Waals surface area (Å²) >= 11 is 0. The molecule has 0 amide bonds. The van der Waals surface area contributed by atoms with Gasteiger partial charge in [0.15, 0.2) is 0 Å². The van der Waals surface area contributed by atoms with Crippen LogP contribution in [0.2, 0.25) is 0 Å². The van der Waals surface area contributed by atoms with Crippen molar-refractivity contribution in [1.82, 2.24) is 0 Å². The summed E-state index contributed by atoms with van der Waals surface area (Å²) in [6, 6.07) is 3.71. The maximum atomic E-state index is 11.3. The predicted octanol–water partition coefficient (Wildman–Crippen LogP) is 1.67. The molecule has 0 aliphatic rings. The first-order chi connectivity index (χ1) is 6.12. The Labute approximate surface area is 77.4 Å². The Hall–Kier alpha value is -0.870. The zero-order chi connectivity index (χ0) is 10.2. The Balaban J connectivity index is 3.63. The zero-order valence-electron chi connectivity index (χ0n) is 7.39. The molecule has 0 atom stereocenters. The molecule has 0 aromatic heterocycles. The molecule has 0 aliphatic carbocycles. The maximum absolute atomic E-state index is 11.3. The summed E-state index contributed by atoms with van der Waals surface area (Å²) in [5, 5.41) is 16.3. The van der Waals surface area contributed by atoms with Crippen molar-refractivity contribution in [2.75, 3.05) is 19.9 Å². The highest BCUT2D eigenvalue weighted by Gasteiger charge is 2.15. The monoisotopic (exact) mass is 202 g/mol. The van der Waals surface area contributed by atoms with Gasteiger partial charge in [-0.25, -0.2) is 0 Å². The fraction of sp³-hybridized carbons (Fsp3) is 0.714. The van der Waals surface area contributed by atoms with E-state index < -0.39 is 7.60 Å². The summed E-state index contributed by atoms with van der Waals surface area (Å²) in [6.45, 7) is 1.51. The van der Waals surface area contributed by atoms with E-state index in [-0.39, 0.29) is 26.1 Å². The minimum Gasteiger partial charge on any atom is -0.308 e. The molecule has 0 unspecified atom stereocenters. The van der Waals surface area contributed by atoms with Crippen LogP contribution in [0.3, 0.4) is 0 Å². The minimum absolute atomic E-state index is 0.0941. The number of nitrogens with zero attached hydrogens (tertiary/aromatic N) is 2. The minimum atomic E-state index is -3.05. The molecule has 0 saturated heterocycles. The normalized spacial score (nSPS) is 10.4. The Bertz CT molecular complexity index is 242. The summed E-state index contributed by atoms with van der Waals surface area (Å²) in [5.41, 5.74) is 0. The first-order valence-electron chi connectivity index (χ1n) is 3.73. The van der Waals surface area contributed by atoms with Crippen molar-refractivity contribution in [3.8, 4) is 12.1 Å². The van der Waals surface area contributed by atoms with E-state index in [4.69, 9.17) is 19.6 Å². The van der Waals surface area contributed by atoms with Gasteiger partial charge in [0, 0.05) is 6.66 Å². The lowest BCUT2D eigenvalue weighted by Gasteiger charge is -2.11. The number of hydrogen-bond donors (Lipinski definition) is 0. The third kappa shape index (κ3) is 7.49. The summed E-state index contributed by atoms with van der Waals surface area (Å²) in [4.78, 5) is 0. The van der Waals surface area contributed by atoms with E-state index in [0.717, 1.165) is 0 Å². The summed E-state index contributed by atoms with van der Waals surface area (Å²) in [7, 11) is -3.05. The standard InChI is InChI=1S/C7H11N2O3P/c1-13(10,11-6-2-4-8)12-7-3-5-9/h2-3,6-7H2,1H3. The summed E-state index contributed by atoms with van der Waals surface area (Å²) in [6.07, 6.45) is 0.360. The second-order valence-electron chi connectivity index (χ2n) is 2.25. The van der Waals surface area contributed by atoms with Gasteiger partial charge in [0.2, 0.25) is 0 Å². The fourth-order valence-electron chi connectivity index (χ4n) is 0.551. The molecule has 6 heteroatoms. The summed E-state index contributed by atoms with van der Waals surface area (Å²) in [5.74, 6) is 0. The van der Waals surface area contributed by atoms with Crippen LogP contribution in [0.4, 0.5) is 0 Å². The molecular formula is C7H11N2O3P. The average molecular weight is 202 g/mol. The molecular weight excluding hydrogens is 191 g/mol. The lowest BCUT2D eigenvalue weighted by atomic mass is 10.5. The molecule has 0 radical (unpaired) electrons. The molecule has 0 aromatic carbocycles. The quantitative estimate of drug-likeness (QED) is 0.483. The van der Waals surface area contributed by atoms with Gasteiger partial charge in [-0.1, -0.05) is 0 Å². The Kier molecular flexibility index (Phi) is 6.18. The number of nitriles is 2. The predicted molar refractivity (Wildman–Crippen MR) is 45.9 cm³/mol. The van der Waals surface area contributed by atoms with Crippen molar-refractivity contribution in [3.05, 3.63) is 0 Å². The van der Waals surface area contributed by atoms with Gasteiger partial charge >= 0.3 is 7.60 Å². The molecule has 0 spiro atoms. The van der Waals surface area contributed by atoms with Gasteiger partial charge in [-0.2, -0.15) is 10.5 Å². The highest BCUT2D eigenvalue weighted by Crippen LogP contribution is 2.43. The summed E-state index contributed by atoms with van der Waals surface area (Å²) < 4.78 is 20.9. The van der Waals surface area contributed by atoms with Crippen LogP contribution in [0.5, 0.6) is 0 Å². The van der Waals surface area contributed by atoms with Crippen LogP contribution in [0, 0.1) is 22.7 Å². The molecule has 5 nitrogen and oxygen atoms in total. The van der Waals surface area contributed by atoms with Gasteiger partial charge in [-0.05, 0) is 0 Å². The second-order valence-corrected chi connectivity index (χ2v) is 4.31. The molecule has 0 aromatic rings. The Morgan fingerprint density at radius 1 is 1.15 bits per heavy atom. The highest BCUT2D eigenvalue weighted by atomic mass is 31.2. The zero-order valence-corrected chi connectivity index (χ0v) is 8.29. The third-order valence-electron chi connectivity index (χ3n) is 1.08. The van der Waals surface area contributed by atoms with E-state index in [2.05, 4.69) is 0 Å². The molecule has 0 heterocycles. The molecule has 0 aliphatic heterocycles. The van der Waals surface area contributed by atoms with E-state index in [1.54, 1.807) is 0 Å². The van der Waals surface area contributed by atoms with Crippen molar-refractivity contribution in [1.29, 1.82) is 10.5 Å². The Morgan fingerprint density at radius 3 is 1.85 bits per heavy atom. The van der Waals surface area contributed by atoms with E-state index in [1.165, 1.54) is 6.66 Å². The highest BCUT2D eigenvalue weighted by molar-refractivity contribution is 7.52. The van der Waals surface area contributed by atoms with Crippen molar-refractivity contribution in [2.45, 2.75) is 12.8 Å². The lowest BCUT2D eigenvalue weighted by Crippen LogP contribution is -1.97. The maximum Gasteiger partial charge on any atom is 0.327 e. The molecule has 0 N–H and O–H groups in total. The van der Waals surface area contributed by atoms with Gasteiger partial charge in [0.05, 0.1) is 38.2 Å². The van der Waals surface area contributed by atoms with Crippen molar-refractivity contribution < 1.29 is 13.6 Å². The van der Waals surface area contributed by atoms with E-state index >= 15 is 0 Å². The average Bonchev–Trinajstić information content (AvgIpc) is 2.05. The van der Waals surface area contributed by atoms with Crippen molar-refractivity contribution >= 4 is 7.60 Å². The lowest BCUT2D eigenvalue weighted by molar-refractivity contribution is 0.215. The first kappa shape index (κ1) is 12.1. The van der Waals surface area contributed by atoms with Gasteiger partial charge < -0.3 is 9.05 Å². The van der Waals surface area contributed by atoms with Crippen molar-refractivity contribution in [3.63, 3.8) is 0 Å². The first-order valence-corrected chi connectivity index (χ1v) is 5.72. The van der Waals surface area contributed by atoms with Crippen LogP contribution in [0.25, 0.3) is 0 Å². The Morgan fingerprint density at radius 2 is 1.54 bits per heavy atom. The molecule has 0 rings (SSSR count). The van der Waals surface area contributed by atoms with Gasteiger partial charge in [0.25, 0.3) is 0 Å². The van der Waals surface area contributed by atoms with Crippen LogP contribution in [0.15, 0.2) is 0 Å². The molecule has 13 heavy (non-hydrogen) atoms. The van der Waals surface area contributed by atoms with E-state index in [9.17, 15) is 4.57 Å². The number of hydrogen-bond acceptors (Lipinski definition) is 5. The van der Waals surface area contributed by atoms with E-state index in [1.807, 2.05) is 12.1 Å². The topological polar surface area (TPSA) is 83.1 Å². The van der Waals surface area contributed by atoms with E-state index in [0.29, 0.717) is 0 Å². The molecule has 72 valence electrons. The third-order valence-corrected chi connectivity index (χ3v) is 2.38. The van der Waals surface area contributed by atoms with Crippen LogP contribution in [-0.2, 0) is 13.6 Å². The number of rotatable bonds is 6. The van der Waals surface area contributed by atoms with Gasteiger partial charge in [-0.3, -0.25) is 4.57 Å². The molecule has 0 saturated carbocycles. The largest absolute Gasteiger partial charge is 0.327 e. The second kappa shape index (κ2) is 6.62. The van der Waals surface area contributed by atoms with Crippen LogP contribution in [0.1, 0.15) is 12.8 Å². The molecule has 0 bridgehead atoms. The van der Waals surface area contributed by atoms with Crippen LogP contribution >= 0.6 is 7.60 Å².